The molecule has 68 valence electrons. The number of hydrogen-bond donors (Lipinski definition) is 2. The van der Waals surface area contributed by atoms with Crippen molar-refractivity contribution in [2.24, 2.45) is 0 Å². The number of rotatable bonds is 5. The van der Waals surface area contributed by atoms with E-state index >= 15 is 0 Å². The topological polar surface area (TPSA) is 43.7 Å². The van der Waals surface area contributed by atoms with Crippen molar-refractivity contribution in [1.82, 2.24) is 4.90 Å². The summed E-state index contributed by atoms with van der Waals surface area (Å²) in [7, 11) is 0. The van der Waals surface area contributed by atoms with Gasteiger partial charge in [-0.2, -0.15) is 0 Å². The third-order valence-electron chi connectivity index (χ3n) is 1.36. The van der Waals surface area contributed by atoms with Crippen molar-refractivity contribution in [3.63, 3.8) is 0 Å². The molecular formula is C8H18NNaO2. The van der Waals surface area contributed by atoms with Gasteiger partial charge < -0.3 is 22.0 Å². The van der Waals surface area contributed by atoms with Crippen LogP contribution in [0.15, 0.2) is 0 Å². The van der Waals surface area contributed by atoms with Crippen LogP contribution in [0.4, 0.5) is 0 Å². The first-order valence-electron chi connectivity index (χ1n) is 3.94. The molecule has 12 heavy (non-hydrogen) atoms. The van der Waals surface area contributed by atoms with E-state index in [4.69, 9.17) is 10.2 Å². The van der Waals surface area contributed by atoms with Crippen molar-refractivity contribution in [2.75, 3.05) is 19.6 Å². The van der Waals surface area contributed by atoms with Gasteiger partial charge in [0.25, 0.3) is 0 Å². The molecule has 2 unspecified atom stereocenters. The molecule has 0 saturated heterocycles. The average molecular weight is 183 g/mol. The van der Waals surface area contributed by atoms with E-state index in [1.807, 2.05) is 4.90 Å². The van der Waals surface area contributed by atoms with Crippen LogP contribution >= 0.6 is 0 Å². The van der Waals surface area contributed by atoms with E-state index < -0.39 is 0 Å². The van der Waals surface area contributed by atoms with Crippen molar-refractivity contribution in [2.45, 2.75) is 26.1 Å². The van der Waals surface area contributed by atoms with E-state index in [2.05, 4.69) is 6.92 Å². The maximum Gasteiger partial charge on any atom is 1.00 e. The monoisotopic (exact) mass is 183 g/mol. The second kappa shape index (κ2) is 8.48. The predicted octanol–water partition coefficient (Wildman–Crippen LogP) is -3.11. The van der Waals surface area contributed by atoms with E-state index in [1.54, 1.807) is 13.8 Å². The first-order valence-corrected chi connectivity index (χ1v) is 3.94. The fourth-order valence-electron chi connectivity index (χ4n) is 1.00. The van der Waals surface area contributed by atoms with Crippen molar-refractivity contribution in [1.29, 1.82) is 0 Å². The van der Waals surface area contributed by atoms with Gasteiger partial charge in [0.2, 0.25) is 0 Å². The largest absolute Gasteiger partial charge is 1.00 e. The standard InChI is InChI=1S/C8H18NO2.Na/c1-4-9(5-7(2)10)6-8(3)11;/h7-8,10-11H,1,4-6H2,2-3H3;/q-1;+1. The molecule has 0 amide bonds. The van der Waals surface area contributed by atoms with Gasteiger partial charge in [-0.25, -0.2) is 0 Å². The molecule has 0 bridgehead atoms. The molecule has 2 N–H and O–H groups in total. The molecule has 0 rings (SSSR count). The van der Waals surface area contributed by atoms with Crippen LogP contribution in [0, 0.1) is 6.92 Å². The molecular weight excluding hydrogens is 165 g/mol. The van der Waals surface area contributed by atoms with E-state index in [9.17, 15) is 0 Å². The van der Waals surface area contributed by atoms with Crippen LogP contribution in [-0.4, -0.2) is 47.0 Å². The first-order chi connectivity index (χ1) is 5.06. The molecule has 4 heteroatoms. The summed E-state index contributed by atoms with van der Waals surface area (Å²) in [5.41, 5.74) is 0. The Balaban J connectivity index is 0. The fourth-order valence-corrected chi connectivity index (χ4v) is 1.00. The summed E-state index contributed by atoms with van der Waals surface area (Å²) in [6, 6.07) is 0. The average Bonchev–Trinajstić information content (AvgIpc) is 1.84. The normalized spacial score (nSPS) is 15.5. The molecule has 0 fully saturated rings. The summed E-state index contributed by atoms with van der Waals surface area (Å²) in [4.78, 5) is 1.91. The Hall–Kier alpha value is 0.880. The van der Waals surface area contributed by atoms with Crippen molar-refractivity contribution in [3.8, 4) is 0 Å². The van der Waals surface area contributed by atoms with Crippen molar-refractivity contribution >= 4 is 0 Å². The van der Waals surface area contributed by atoms with E-state index in [1.165, 1.54) is 0 Å². The van der Waals surface area contributed by atoms with Gasteiger partial charge in [-0.3, -0.25) is 0 Å². The van der Waals surface area contributed by atoms with E-state index in [-0.39, 0.29) is 41.8 Å². The van der Waals surface area contributed by atoms with Crippen LogP contribution in [0.25, 0.3) is 0 Å². The molecule has 2 atom stereocenters. The van der Waals surface area contributed by atoms with Crippen LogP contribution < -0.4 is 29.6 Å². The molecule has 0 spiro atoms. The third-order valence-corrected chi connectivity index (χ3v) is 1.36. The molecule has 0 aliphatic heterocycles. The molecule has 3 nitrogen and oxygen atoms in total. The smallest absolute Gasteiger partial charge is 0.392 e. The summed E-state index contributed by atoms with van der Waals surface area (Å²) < 4.78 is 0. The summed E-state index contributed by atoms with van der Waals surface area (Å²) in [5, 5.41) is 18.0. The van der Waals surface area contributed by atoms with Crippen LogP contribution in [0.2, 0.25) is 0 Å². The molecule has 0 aromatic rings. The van der Waals surface area contributed by atoms with Gasteiger partial charge in [0.15, 0.2) is 0 Å². The number of nitrogens with zero attached hydrogens (tertiary/aromatic N) is 1. The van der Waals surface area contributed by atoms with E-state index in [0.717, 1.165) is 0 Å². The number of aliphatic hydroxyl groups excluding tert-OH is 2. The van der Waals surface area contributed by atoms with Gasteiger partial charge in [0.05, 0.1) is 12.2 Å². The zero-order valence-corrected chi connectivity index (χ0v) is 10.3. The molecule has 0 radical (unpaired) electrons. The maximum atomic E-state index is 9.02. The minimum atomic E-state index is -0.351. The van der Waals surface area contributed by atoms with Gasteiger partial charge in [0, 0.05) is 13.1 Å². The Kier molecular flexibility index (Phi) is 10.8. The summed E-state index contributed by atoms with van der Waals surface area (Å²) >= 11 is 0. The van der Waals surface area contributed by atoms with Crippen LogP contribution in [0.5, 0.6) is 0 Å². The Labute approximate surface area is 97.1 Å². The summed E-state index contributed by atoms with van der Waals surface area (Å²) in [5.74, 6) is 0. The SMILES string of the molecule is [CH2-]CN(CC(C)O)CC(C)O.[Na+]. The maximum absolute atomic E-state index is 9.02. The van der Waals surface area contributed by atoms with Gasteiger partial charge in [-0.05, 0) is 13.8 Å². The van der Waals surface area contributed by atoms with Crippen LogP contribution in [0.1, 0.15) is 13.8 Å². The number of hydrogen-bond acceptors (Lipinski definition) is 3. The summed E-state index contributed by atoms with van der Waals surface area (Å²) in [6.45, 7) is 8.93. The third kappa shape index (κ3) is 8.97. The molecule has 0 aromatic carbocycles. The van der Waals surface area contributed by atoms with Crippen molar-refractivity contribution < 1.29 is 39.8 Å². The minimum Gasteiger partial charge on any atom is -0.392 e. The van der Waals surface area contributed by atoms with Gasteiger partial charge >= 0.3 is 29.6 Å². The second-order valence-corrected chi connectivity index (χ2v) is 2.96. The molecule has 0 saturated carbocycles. The van der Waals surface area contributed by atoms with E-state index in [0.29, 0.717) is 19.6 Å². The Morgan fingerprint density at radius 2 is 1.50 bits per heavy atom. The zero-order valence-electron chi connectivity index (χ0n) is 8.32. The Bertz CT molecular complexity index is 89.1. The molecule has 0 aliphatic rings. The van der Waals surface area contributed by atoms with Gasteiger partial charge in [0.1, 0.15) is 0 Å². The Morgan fingerprint density at radius 3 is 1.67 bits per heavy atom. The second-order valence-electron chi connectivity index (χ2n) is 2.96. The molecule has 0 aromatic heterocycles. The van der Waals surface area contributed by atoms with Gasteiger partial charge in [-0.15, -0.1) is 6.54 Å². The van der Waals surface area contributed by atoms with Gasteiger partial charge in [-0.1, -0.05) is 0 Å². The first kappa shape index (κ1) is 15.4. The molecule has 0 aliphatic carbocycles. The minimum absolute atomic E-state index is 0. The zero-order chi connectivity index (χ0) is 8.85. The van der Waals surface area contributed by atoms with Crippen LogP contribution in [0.3, 0.4) is 0 Å². The number of aliphatic hydroxyl groups is 2. The molecule has 0 heterocycles. The fraction of sp³-hybridized carbons (Fsp3) is 0.875. The predicted molar refractivity (Wildman–Crippen MR) is 45.2 cm³/mol. The summed E-state index contributed by atoms with van der Waals surface area (Å²) in [6.07, 6.45) is -0.703. The van der Waals surface area contributed by atoms with Crippen LogP contribution in [-0.2, 0) is 0 Å². The van der Waals surface area contributed by atoms with Crippen molar-refractivity contribution in [3.05, 3.63) is 6.92 Å². The Morgan fingerprint density at radius 1 is 1.17 bits per heavy atom. The quantitative estimate of drug-likeness (QED) is 0.350.